The number of nitro groups is 1. The number of aliphatic hydroxyl groups is 1. The Bertz CT molecular complexity index is 299. The van der Waals surface area contributed by atoms with Gasteiger partial charge >= 0.3 is 0 Å². The summed E-state index contributed by atoms with van der Waals surface area (Å²) in [6.45, 7) is -0.181. The van der Waals surface area contributed by atoms with Crippen LogP contribution in [0.5, 0.6) is 0 Å². The molecule has 1 N–H and O–H groups in total. The molecule has 0 fully saturated rings. The molecule has 0 bridgehead atoms. The van der Waals surface area contributed by atoms with Gasteiger partial charge in [-0.3, -0.25) is 10.1 Å². The lowest BCUT2D eigenvalue weighted by Gasteiger charge is -2.04. The Morgan fingerprint density at radius 2 is 2.00 bits per heavy atom. The van der Waals surface area contributed by atoms with Crippen molar-refractivity contribution in [3.05, 3.63) is 39.9 Å². The van der Waals surface area contributed by atoms with Crippen LogP contribution < -0.4 is 0 Å². The van der Waals surface area contributed by atoms with Gasteiger partial charge in [0.2, 0.25) is 0 Å². The Balaban J connectivity index is 2.87. The number of hydrogen-bond donors (Lipinski definition) is 1. The molecule has 4 nitrogen and oxygen atoms in total. The summed E-state index contributed by atoms with van der Waals surface area (Å²) in [7, 11) is 0. The molecule has 0 aromatic heterocycles. The zero-order valence-corrected chi connectivity index (χ0v) is 7.44. The molecule has 5 heteroatoms. The SMILES string of the molecule is O=[N+]([O-])c1ccc(C(Cl)CO)cc1. The average Bonchev–Trinajstić information content (AvgIpc) is 2.17. The van der Waals surface area contributed by atoms with Crippen LogP contribution in [-0.4, -0.2) is 16.6 Å². The molecule has 0 aliphatic rings. The van der Waals surface area contributed by atoms with Crippen molar-refractivity contribution in [2.45, 2.75) is 5.38 Å². The van der Waals surface area contributed by atoms with E-state index in [9.17, 15) is 10.1 Å². The maximum Gasteiger partial charge on any atom is 0.269 e. The van der Waals surface area contributed by atoms with Crippen molar-refractivity contribution in [3.63, 3.8) is 0 Å². The van der Waals surface area contributed by atoms with Crippen LogP contribution in [-0.2, 0) is 0 Å². The monoisotopic (exact) mass is 201 g/mol. The topological polar surface area (TPSA) is 63.4 Å². The van der Waals surface area contributed by atoms with E-state index in [1.807, 2.05) is 0 Å². The lowest BCUT2D eigenvalue weighted by Crippen LogP contribution is -1.96. The minimum atomic E-state index is -0.499. The summed E-state index contributed by atoms with van der Waals surface area (Å²) >= 11 is 5.70. The quantitative estimate of drug-likeness (QED) is 0.461. The molecular weight excluding hydrogens is 194 g/mol. The molecule has 0 saturated heterocycles. The van der Waals surface area contributed by atoms with Crippen LogP contribution in [0.2, 0.25) is 0 Å². The van der Waals surface area contributed by atoms with Gasteiger partial charge in [-0.15, -0.1) is 11.6 Å². The molecule has 0 aliphatic heterocycles. The van der Waals surface area contributed by atoms with E-state index in [4.69, 9.17) is 16.7 Å². The summed E-state index contributed by atoms with van der Waals surface area (Å²) in [5, 5.41) is 18.5. The van der Waals surface area contributed by atoms with Crippen molar-refractivity contribution >= 4 is 17.3 Å². The Morgan fingerprint density at radius 3 is 2.38 bits per heavy atom. The summed E-state index contributed by atoms with van der Waals surface area (Å²) in [6, 6.07) is 5.79. The molecule has 0 saturated carbocycles. The second kappa shape index (κ2) is 4.20. The highest BCUT2D eigenvalue weighted by Crippen LogP contribution is 2.21. The molecule has 1 rings (SSSR count). The van der Waals surface area contributed by atoms with E-state index in [1.54, 1.807) is 0 Å². The summed E-state index contributed by atoms with van der Waals surface area (Å²) in [5.74, 6) is 0. The van der Waals surface area contributed by atoms with Crippen LogP contribution in [0.1, 0.15) is 10.9 Å². The number of non-ortho nitro benzene ring substituents is 1. The third-order valence-corrected chi connectivity index (χ3v) is 2.02. The second-order valence-corrected chi connectivity index (χ2v) is 3.03. The number of nitro benzene ring substituents is 1. The van der Waals surface area contributed by atoms with E-state index < -0.39 is 10.3 Å². The third kappa shape index (κ3) is 2.40. The number of halogens is 1. The van der Waals surface area contributed by atoms with E-state index in [-0.39, 0.29) is 12.3 Å². The number of benzene rings is 1. The first-order valence-electron chi connectivity index (χ1n) is 3.64. The molecule has 1 aromatic carbocycles. The van der Waals surface area contributed by atoms with Crippen molar-refractivity contribution < 1.29 is 10.0 Å². The molecule has 0 spiro atoms. The lowest BCUT2D eigenvalue weighted by molar-refractivity contribution is -0.384. The van der Waals surface area contributed by atoms with Gasteiger partial charge in [-0.1, -0.05) is 12.1 Å². The maximum absolute atomic E-state index is 10.3. The van der Waals surface area contributed by atoms with Gasteiger partial charge in [0.25, 0.3) is 5.69 Å². The number of alkyl halides is 1. The van der Waals surface area contributed by atoms with Crippen LogP contribution in [0, 0.1) is 10.1 Å². The van der Waals surface area contributed by atoms with Crippen LogP contribution in [0.3, 0.4) is 0 Å². The van der Waals surface area contributed by atoms with Crippen molar-refractivity contribution in [1.82, 2.24) is 0 Å². The fraction of sp³-hybridized carbons (Fsp3) is 0.250. The van der Waals surface area contributed by atoms with E-state index in [2.05, 4.69) is 0 Å². The standard InChI is InChI=1S/C8H8ClNO3/c9-8(5-11)6-1-3-7(4-2-6)10(12)13/h1-4,8,11H,5H2. The van der Waals surface area contributed by atoms with Gasteiger partial charge in [-0.2, -0.15) is 0 Å². The van der Waals surface area contributed by atoms with Gasteiger partial charge in [0.15, 0.2) is 0 Å². The Hall–Kier alpha value is -1.13. The smallest absolute Gasteiger partial charge is 0.269 e. The first-order valence-corrected chi connectivity index (χ1v) is 4.08. The second-order valence-electron chi connectivity index (χ2n) is 2.50. The van der Waals surface area contributed by atoms with Gasteiger partial charge in [0.05, 0.1) is 16.9 Å². The van der Waals surface area contributed by atoms with Crippen LogP contribution in [0.4, 0.5) is 5.69 Å². The van der Waals surface area contributed by atoms with Gasteiger partial charge in [-0.05, 0) is 5.56 Å². The van der Waals surface area contributed by atoms with Crippen molar-refractivity contribution in [2.75, 3.05) is 6.61 Å². The predicted molar refractivity (Wildman–Crippen MR) is 48.8 cm³/mol. The van der Waals surface area contributed by atoms with Crippen LogP contribution in [0.25, 0.3) is 0 Å². The zero-order valence-electron chi connectivity index (χ0n) is 6.68. The summed E-state index contributed by atoms with van der Waals surface area (Å²) in [5.41, 5.74) is 0.695. The molecule has 1 unspecified atom stereocenters. The molecule has 13 heavy (non-hydrogen) atoms. The van der Waals surface area contributed by atoms with Gasteiger partial charge in [-0.25, -0.2) is 0 Å². The van der Waals surface area contributed by atoms with Crippen LogP contribution in [0.15, 0.2) is 24.3 Å². The first-order chi connectivity index (χ1) is 6.15. The average molecular weight is 202 g/mol. The molecular formula is C8H8ClNO3. The minimum absolute atomic E-state index is 0.0190. The molecule has 0 heterocycles. The van der Waals surface area contributed by atoms with E-state index >= 15 is 0 Å². The maximum atomic E-state index is 10.3. The van der Waals surface area contributed by atoms with Crippen molar-refractivity contribution in [3.8, 4) is 0 Å². The van der Waals surface area contributed by atoms with E-state index in [0.717, 1.165) is 0 Å². The fourth-order valence-electron chi connectivity index (χ4n) is 0.910. The minimum Gasteiger partial charge on any atom is -0.394 e. The van der Waals surface area contributed by atoms with Crippen LogP contribution >= 0.6 is 11.6 Å². The highest BCUT2D eigenvalue weighted by Gasteiger charge is 2.08. The number of hydrogen-bond acceptors (Lipinski definition) is 3. The Morgan fingerprint density at radius 1 is 1.46 bits per heavy atom. The summed E-state index contributed by atoms with van der Waals surface area (Å²) in [6.07, 6.45) is 0. The molecule has 0 radical (unpaired) electrons. The molecule has 1 aromatic rings. The zero-order chi connectivity index (χ0) is 9.84. The largest absolute Gasteiger partial charge is 0.394 e. The summed E-state index contributed by atoms with van der Waals surface area (Å²) < 4.78 is 0. The van der Waals surface area contributed by atoms with E-state index in [1.165, 1.54) is 24.3 Å². The van der Waals surface area contributed by atoms with Gasteiger partial charge in [0, 0.05) is 12.1 Å². The summed E-state index contributed by atoms with van der Waals surface area (Å²) in [4.78, 5) is 9.79. The highest BCUT2D eigenvalue weighted by molar-refractivity contribution is 6.20. The van der Waals surface area contributed by atoms with Gasteiger partial charge < -0.3 is 5.11 Å². The number of aliphatic hydroxyl groups excluding tert-OH is 1. The predicted octanol–water partition coefficient (Wildman–Crippen LogP) is 1.87. The first kappa shape index (κ1) is 9.95. The van der Waals surface area contributed by atoms with E-state index in [0.29, 0.717) is 5.56 Å². The molecule has 0 aliphatic carbocycles. The lowest BCUT2D eigenvalue weighted by atomic mass is 10.1. The third-order valence-electron chi connectivity index (χ3n) is 1.63. The van der Waals surface area contributed by atoms with Crippen molar-refractivity contribution in [1.29, 1.82) is 0 Å². The highest BCUT2D eigenvalue weighted by atomic mass is 35.5. The molecule has 0 amide bonds. The molecule has 1 atom stereocenters. The molecule has 70 valence electrons. The van der Waals surface area contributed by atoms with Crippen molar-refractivity contribution in [2.24, 2.45) is 0 Å². The Kier molecular flexibility index (Phi) is 3.22. The van der Waals surface area contributed by atoms with Gasteiger partial charge in [0.1, 0.15) is 0 Å². The Labute approximate surface area is 79.9 Å². The normalized spacial score (nSPS) is 12.5. The number of rotatable bonds is 3. The fourth-order valence-corrected chi connectivity index (χ4v) is 1.06. The number of nitrogens with zero attached hydrogens (tertiary/aromatic N) is 1.